The zero-order valence-electron chi connectivity index (χ0n) is 15.2. The Morgan fingerprint density at radius 1 is 1.00 bits per heavy atom. The van der Waals surface area contributed by atoms with E-state index in [1.54, 1.807) is 0 Å². The SMILES string of the molecule is CCc1ccc(OC(CC)C(=O)NCCOc2ccc(C)cc2)cc1. The van der Waals surface area contributed by atoms with E-state index in [0.717, 1.165) is 17.9 Å². The van der Waals surface area contributed by atoms with Gasteiger partial charge in [-0.3, -0.25) is 4.79 Å². The predicted molar refractivity (Wildman–Crippen MR) is 100 cm³/mol. The Balaban J connectivity index is 1.75. The summed E-state index contributed by atoms with van der Waals surface area (Å²) in [7, 11) is 0. The van der Waals surface area contributed by atoms with Crippen molar-refractivity contribution in [1.82, 2.24) is 5.32 Å². The number of hydrogen-bond donors (Lipinski definition) is 1. The van der Waals surface area contributed by atoms with Crippen molar-refractivity contribution in [3.05, 3.63) is 59.7 Å². The standard InChI is InChI=1S/C21H27NO3/c1-4-17-8-12-19(13-9-17)25-20(5-2)21(23)22-14-15-24-18-10-6-16(3)7-11-18/h6-13,20H,4-5,14-15H2,1-3H3,(H,22,23). The van der Waals surface area contributed by atoms with E-state index in [4.69, 9.17) is 9.47 Å². The predicted octanol–water partition coefficient (Wildman–Crippen LogP) is 3.91. The number of carbonyl (C=O) groups is 1. The second kappa shape index (κ2) is 9.72. The Kier molecular flexibility index (Phi) is 7.33. The van der Waals surface area contributed by atoms with Gasteiger partial charge in [-0.1, -0.05) is 43.7 Å². The van der Waals surface area contributed by atoms with E-state index in [2.05, 4.69) is 12.2 Å². The first kappa shape index (κ1) is 18.8. The van der Waals surface area contributed by atoms with Crippen molar-refractivity contribution >= 4 is 5.91 Å². The van der Waals surface area contributed by atoms with E-state index in [1.165, 1.54) is 11.1 Å². The fraction of sp³-hybridized carbons (Fsp3) is 0.381. The normalized spacial score (nSPS) is 11.6. The van der Waals surface area contributed by atoms with Crippen LogP contribution in [0.25, 0.3) is 0 Å². The molecule has 25 heavy (non-hydrogen) atoms. The quantitative estimate of drug-likeness (QED) is 0.704. The average molecular weight is 341 g/mol. The van der Waals surface area contributed by atoms with Gasteiger partial charge in [0.1, 0.15) is 18.1 Å². The van der Waals surface area contributed by atoms with Crippen molar-refractivity contribution in [3.63, 3.8) is 0 Å². The molecule has 1 amide bonds. The molecular weight excluding hydrogens is 314 g/mol. The fourth-order valence-corrected chi connectivity index (χ4v) is 2.38. The lowest BCUT2D eigenvalue weighted by molar-refractivity contribution is -0.128. The van der Waals surface area contributed by atoms with Crippen LogP contribution < -0.4 is 14.8 Å². The molecule has 4 nitrogen and oxygen atoms in total. The molecule has 0 saturated heterocycles. The van der Waals surface area contributed by atoms with Gasteiger partial charge in [-0.05, 0) is 49.6 Å². The van der Waals surface area contributed by atoms with Gasteiger partial charge in [0.2, 0.25) is 0 Å². The number of ether oxygens (including phenoxy) is 2. The Bertz CT molecular complexity index is 650. The third-order valence-corrected chi connectivity index (χ3v) is 3.96. The van der Waals surface area contributed by atoms with Crippen LogP contribution in [-0.2, 0) is 11.2 Å². The molecule has 0 spiro atoms. The average Bonchev–Trinajstić information content (AvgIpc) is 2.65. The number of carbonyl (C=O) groups excluding carboxylic acids is 1. The zero-order chi connectivity index (χ0) is 18.1. The van der Waals surface area contributed by atoms with Crippen LogP contribution in [0, 0.1) is 6.92 Å². The third-order valence-electron chi connectivity index (χ3n) is 3.96. The summed E-state index contributed by atoms with van der Waals surface area (Å²) in [6, 6.07) is 15.7. The van der Waals surface area contributed by atoms with Crippen molar-refractivity contribution in [1.29, 1.82) is 0 Å². The molecule has 0 aromatic heterocycles. The first-order valence-electron chi connectivity index (χ1n) is 8.85. The second-order valence-corrected chi connectivity index (χ2v) is 5.96. The molecule has 0 saturated carbocycles. The highest BCUT2D eigenvalue weighted by Gasteiger charge is 2.17. The molecule has 0 fully saturated rings. The molecule has 2 aromatic carbocycles. The van der Waals surface area contributed by atoms with Gasteiger partial charge in [0.15, 0.2) is 6.10 Å². The molecule has 134 valence electrons. The summed E-state index contributed by atoms with van der Waals surface area (Å²) in [6.07, 6.45) is 1.10. The second-order valence-electron chi connectivity index (χ2n) is 5.96. The highest BCUT2D eigenvalue weighted by atomic mass is 16.5. The highest BCUT2D eigenvalue weighted by Crippen LogP contribution is 2.15. The van der Waals surface area contributed by atoms with Gasteiger partial charge < -0.3 is 14.8 Å². The molecule has 2 aromatic rings. The Morgan fingerprint density at radius 2 is 1.64 bits per heavy atom. The van der Waals surface area contributed by atoms with Gasteiger partial charge in [-0.25, -0.2) is 0 Å². The summed E-state index contributed by atoms with van der Waals surface area (Å²) in [6.45, 7) is 6.95. The maximum Gasteiger partial charge on any atom is 0.261 e. The van der Waals surface area contributed by atoms with Crippen molar-refractivity contribution in [3.8, 4) is 11.5 Å². The Morgan fingerprint density at radius 3 is 2.24 bits per heavy atom. The van der Waals surface area contributed by atoms with Gasteiger partial charge in [-0.2, -0.15) is 0 Å². The van der Waals surface area contributed by atoms with Crippen LogP contribution in [0.2, 0.25) is 0 Å². The lowest BCUT2D eigenvalue weighted by Gasteiger charge is -2.17. The van der Waals surface area contributed by atoms with Crippen LogP contribution in [0.4, 0.5) is 0 Å². The minimum atomic E-state index is -0.494. The Labute approximate surface area is 150 Å². The molecule has 0 aliphatic heterocycles. The fourth-order valence-electron chi connectivity index (χ4n) is 2.38. The lowest BCUT2D eigenvalue weighted by atomic mass is 10.2. The van der Waals surface area contributed by atoms with E-state index < -0.39 is 6.10 Å². The molecule has 0 aliphatic carbocycles. The summed E-state index contributed by atoms with van der Waals surface area (Å²) in [4.78, 5) is 12.3. The van der Waals surface area contributed by atoms with Crippen LogP contribution in [-0.4, -0.2) is 25.2 Å². The number of rotatable bonds is 9. The first-order valence-corrected chi connectivity index (χ1v) is 8.85. The molecular formula is C21H27NO3. The maximum absolute atomic E-state index is 12.3. The molecule has 0 aliphatic rings. The van der Waals surface area contributed by atoms with Crippen molar-refractivity contribution in [2.24, 2.45) is 0 Å². The van der Waals surface area contributed by atoms with Gasteiger partial charge in [0, 0.05) is 0 Å². The van der Waals surface area contributed by atoms with Crippen LogP contribution in [0.1, 0.15) is 31.4 Å². The number of benzene rings is 2. The molecule has 1 N–H and O–H groups in total. The lowest BCUT2D eigenvalue weighted by Crippen LogP contribution is -2.39. The Hall–Kier alpha value is -2.49. The van der Waals surface area contributed by atoms with Crippen molar-refractivity contribution in [2.45, 2.75) is 39.7 Å². The van der Waals surface area contributed by atoms with Crippen LogP contribution in [0.5, 0.6) is 11.5 Å². The summed E-state index contributed by atoms with van der Waals surface area (Å²) >= 11 is 0. The van der Waals surface area contributed by atoms with E-state index in [0.29, 0.717) is 19.6 Å². The summed E-state index contributed by atoms with van der Waals surface area (Å²) in [5.74, 6) is 1.41. The van der Waals surface area contributed by atoms with Gasteiger partial charge in [-0.15, -0.1) is 0 Å². The zero-order valence-corrected chi connectivity index (χ0v) is 15.2. The van der Waals surface area contributed by atoms with Gasteiger partial charge in [0.25, 0.3) is 5.91 Å². The van der Waals surface area contributed by atoms with Crippen molar-refractivity contribution < 1.29 is 14.3 Å². The van der Waals surface area contributed by atoms with Gasteiger partial charge in [0.05, 0.1) is 6.54 Å². The monoisotopic (exact) mass is 341 g/mol. The van der Waals surface area contributed by atoms with E-state index in [9.17, 15) is 4.79 Å². The summed E-state index contributed by atoms with van der Waals surface area (Å²) < 4.78 is 11.4. The third kappa shape index (κ3) is 6.14. The number of nitrogens with one attached hydrogen (secondary N) is 1. The summed E-state index contributed by atoms with van der Waals surface area (Å²) in [5, 5.41) is 2.87. The molecule has 0 heterocycles. The highest BCUT2D eigenvalue weighted by molar-refractivity contribution is 5.81. The minimum absolute atomic E-state index is 0.116. The maximum atomic E-state index is 12.3. The number of hydrogen-bond acceptors (Lipinski definition) is 3. The van der Waals surface area contributed by atoms with Crippen LogP contribution >= 0.6 is 0 Å². The minimum Gasteiger partial charge on any atom is -0.492 e. The topological polar surface area (TPSA) is 47.6 Å². The molecule has 1 atom stereocenters. The smallest absolute Gasteiger partial charge is 0.261 e. The van der Waals surface area contributed by atoms with Crippen LogP contribution in [0.3, 0.4) is 0 Å². The molecule has 0 bridgehead atoms. The molecule has 1 unspecified atom stereocenters. The van der Waals surface area contributed by atoms with E-state index in [-0.39, 0.29) is 5.91 Å². The van der Waals surface area contributed by atoms with E-state index in [1.807, 2.05) is 62.4 Å². The summed E-state index contributed by atoms with van der Waals surface area (Å²) in [5.41, 5.74) is 2.44. The number of aryl methyl sites for hydroxylation is 2. The van der Waals surface area contributed by atoms with Crippen molar-refractivity contribution in [2.75, 3.05) is 13.2 Å². The van der Waals surface area contributed by atoms with E-state index >= 15 is 0 Å². The number of amides is 1. The van der Waals surface area contributed by atoms with Crippen LogP contribution in [0.15, 0.2) is 48.5 Å². The largest absolute Gasteiger partial charge is 0.492 e. The van der Waals surface area contributed by atoms with Gasteiger partial charge >= 0.3 is 0 Å². The molecule has 2 rings (SSSR count). The molecule has 4 heteroatoms. The first-order chi connectivity index (χ1) is 12.1. The molecule has 0 radical (unpaired) electrons.